The third-order valence-electron chi connectivity index (χ3n) is 3.78. The van der Waals surface area contributed by atoms with Crippen LogP contribution in [0.25, 0.3) is 0 Å². The van der Waals surface area contributed by atoms with Gasteiger partial charge in [0.2, 0.25) is 0 Å². The van der Waals surface area contributed by atoms with Crippen molar-refractivity contribution in [3.05, 3.63) is 53.3 Å². The first-order chi connectivity index (χ1) is 13.0. The van der Waals surface area contributed by atoms with Gasteiger partial charge in [0.15, 0.2) is 17.5 Å². The molecule has 1 aromatic heterocycles. The molecule has 6 nitrogen and oxygen atoms in total. The molecule has 146 valence electrons. The third kappa shape index (κ3) is 6.09. The van der Waals surface area contributed by atoms with Crippen molar-refractivity contribution in [2.75, 3.05) is 13.7 Å². The number of pyridine rings is 1. The van der Waals surface area contributed by atoms with E-state index < -0.39 is 6.61 Å². The molecule has 0 unspecified atom stereocenters. The Labute approximate surface area is 157 Å². The number of aromatic nitrogens is 1. The first-order valence-electron chi connectivity index (χ1n) is 8.59. The minimum Gasteiger partial charge on any atom is -0.490 e. The lowest BCUT2D eigenvalue weighted by molar-refractivity contribution is -0.0520. The van der Waals surface area contributed by atoms with Crippen molar-refractivity contribution in [2.24, 2.45) is 4.99 Å². The maximum atomic E-state index is 12.8. The largest absolute Gasteiger partial charge is 0.490 e. The fourth-order valence-corrected chi connectivity index (χ4v) is 2.46. The highest BCUT2D eigenvalue weighted by Gasteiger charge is 2.16. The molecule has 0 spiro atoms. The maximum absolute atomic E-state index is 12.8. The van der Waals surface area contributed by atoms with Crippen LogP contribution >= 0.6 is 0 Å². The van der Waals surface area contributed by atoms with Gasteiger partial charge in [-0.2, -0.15) is 8.78 Å². The van der Waals surface area contributed by atoms with Crippen molar-refractivity contribution in [1.82, 2.24) is 15.6 Å². The SMILES string of the molecule is CCOc1cccc(CNC(=NC)NCc2ncccc2C)c1OC(F)F. The van der Waals surface area contributed by atoms with Crippen LogP contribution in [0.15, 0.2) is 41.5 Å². The molecule has 2 aromatic rings. The molecule has 0 radical (unpaired) electrons. The Hall–Kier alpha value is -2.90. The molecule has 0 amide bonds. The molecule has 2 rings (SSSR count). The van der Waals surface area contributed by atoms with Gasteiger partial charge in [0.1, 0.15) is 0 Å². The zero-order chi connectivity index (χ0) is 19.6. The van der Waals surface area contributed by atoms with Crippen molar-refractivity contribution < 1.29 is 18.3 Å². The summed E-state index contributed by atoms with van der Waals surface area (Å²) < 4.78 is 35.6. The van der Waals surface area contributed by atoms with E-state index in [-0.39, 0.29) is 18.0 Å². The Morgan fingerprint density at radius 3 is 2.63 bits per heavy atom. The fraction of sp³-hybridized carbons (Fsp3) is 0.368. The average Bonchev–Trinajstić information content (AvgIpc) is 2.65. The fourth-order valence-electron chi connectivity index (χ4n) is 2.46. The molecule has 0 saturated carbocycles. The van der Waals surface area contributed by atoms with Crippen molar-refractivity contribution in [3.8, 4) is 11.5 Å². The molecular formula is C19H24F2N4O2. The van der Waals surface area contributed by atoms with E-state index in [1.165, 1.54) is 0 Å². The summed E-state index contributed by atoms with van der Waals surface area (Å²) in [6.45, 7) is 1.91. The first kappa shape index (κ1) is 20.4. The second-order valence-corrected chi connectivity index (χ2v) is 5.60. The molecule has 27 heavy (non-hydrogen) atoms. The standard InChI is InChI=1S/C19H24F2N4O2/c1-4-26-16-9-5-8-14(17(16)27-18(20)21)11-24-19(22-3)25-12-15-13(2)7-6-10-23-15/h5-10,18H,4,11-12H2,1-3H3,(H2,22,24,25). The first-order valence-corrected chi connectivity index (χ1v) is 8.59. The van der Waals surface area contributed by atoms with Crippen molar-refractivity contribution in [3.63, 3.8) is 0 Å². The number of aryl methyl sites for hydroxylation is 1. The lowest BCUT2D eigenvalue weighted by Crippen LogP contribution is -2.36. The number of alkyl halides is 2. The predicted molar refractivity (Wildman–Crippen MR) is 100 cm³/mol. The summed E-state index contributed by atoms with van der Waals surface area (Å²) in [7, 11) is 1.63. The van der Waals surface area contributed by atoms with E-state index in [0.717, 1.165) is 11.3 Å². The Morgan fingerprint density at radius 1 is 1.19 bits per heavy atom. The van der Waals surface area contributed by atoms with Crippen LogP contribution in [0.3, 0.4) is 0 Å². The topological polar surface area (TPSA) is 67.8 Å². The monoisotopic (exact) mass is 378 g/mol. The van der Waals surface area contributed by atoms with Crippen LogP contribution in [0.2, 0.25) is 0 Å². The molecule has 0 bridgehead atoms. The lowest BCUT2D eigenvalue weighted by Gasteiger charge is -2.17. The third-order valence-corrected chi connectivity index (χ3v) is 3.78. The van der Waals surface area contributed by atoms with Gasteiger partial charge in [-0.25, -0.2) is 0 Å². The van der Waals surface area contributed by atoms with Crippen molar-refractivity contribution in [2.45, 2.75) is 33.5 Å². The Kier molecular flexibility index (Phi) is 7.79. The number of benzene rings is 1. The Morgan fingerprint density at radius 2 is 1.96 bits per heavy atom. The van der Waals surface area contributed by atoms with Crippen molar-refractivity contribution >= 4 is 5.96 Å². The average molecular weight is 378 g/mol. The highest BCUT2D eigenvalue weighted by molar-refractivity contribution is 5.79. The smallest absolute Gasteiger partial charge is 0.387 e. The van der Waals surface area contributed by atoms with Crippen LogP contribution in [-0.2, 0) is 13.1 Å². The molecule has 0 fully saturated rings. The van der Waals surface area contributed by atoms with Gasteiger partial charge in [0.05, 0.1) is 18.8 Å². The highest BCUT2D eigenvalue weighted by atomic mass is 19.3. The van der Waals surface area contributed by atoms with Crippen molar-refractivity contribution in [1.29, 1.82) is 0 Å². The molecule has 1 heterocycles. The van der Waals surface area contributed by atoms with E-state index in [1.54, 1.807) is 38.4 Å². The Bertz CT molecular complexity index is 769. The van der Waals surface area contributed by atoms with Gasteiger partial charge < -0.3 is 20.1 Å². The zero-order valence-corrected chi connectivity index (χ0v) is 15.6. The summed E-state index contributed by atoms with van der Waals surface area (Å²) in [5, 5.41) is 6.24. The number of nitrogens with one attached hydrogen (secondary N) is 2. The van der Waals surface area contributed by atoms with E-state index in [0.29, 0.717) is 24.7 Å². The van der Waals surface area contributed by atoms with E-state index in [9.17, 15) is 8.78 Å². The second kappa shape index (κ2) is 10.3. The molecule has 1 aromatic carbocycles. The number of rotatable bonds is 8. The van der Waals surface area contributed by atoms with Gasteiger partial charge in [-0.3, -0.25) is 9.98 Å². The molecular weight excluding hydrogens is 354 g/mol. The predicted octanol–water partition coefficient (Wildman–Crippen LogP) is 3.26. The van der Waals surface area contributed by atoms with Gasteiger partial charge in [-0.05, 0) is 31.5 Å². The van der Waals surface area contributed by atoms with Gasteiger partial charge in [0.25, 0.3) is 0 Å². The van der Waals surface area contributed by atoms with Crippen LogP contribution in [0, 0.1) is 6.92 Å². The minimum absolute atomic E-state index is 0.0258. The molecule has 0 aliphatic carbocycles. The van der Waals surface area contributed by atoms with Crippen LogP contribution in [0.4, 0.5) is 8.78 Å². The van der Waals surface area contributed by atoms with Gasteiger partial charge >= 0.3 is 6.61 Å². The summed E-state index contributed by atoms with van der Waals surface area (Å²) in [6.07, 6.45) is 1.73. The highest BCUT2D eigenvalue weighted by Crippen LogP contribution is 2.32. The Balaban J connectivity index is 2.05. The molecule has 0 aliphatic rings. The van der Waals surface area contributed by atoms with Crippen LogP contribution in [0.1, 0.15) is 23.7 Å². The summed E-state index contributed by atoms with van der Waals surface area (Å²) in [6, 6.07) is 8.88. The van der Waals surface area contributed by atoms with Gasteiger partial charge in [-0.15, -0.1) is 0 Å². The normalized spacial score (nSPS) is 11.4. The van der Waals surface area contributed by atoms with Gasteiger partial charge in [0, 0.05) is 25.4 Å². The molecule has 2 N–H and O–H groups in total. The van der Waals surface area contributed by atoms with Crippen LogP contribution in [0.5, 0.6) is 11.5 Å². The molecule has 8 heteroatoms. The maximum Gasteiger partial charge on any atom is 0.387 e. The number of halogens is 2. The second-order valence-electron chi connectivity index (χ2n) is 5.60. The summed E-state index contributed by atoms with van der Waals surface area (Å²) >= 11 is 0. The lowest BCUT2D eigenvalue weighted by atomic mass is 10.2. The van der Waals surface area contributed by atoms with Gasteiger partial charge in [-0.1, -0.05) is 18.2 Å². The van der Waals surface area contributed by atoms with E-state index in [2.05, 4.69) is 25.3 Å². The number of nitrogens with zero attached hydrogens (tertiary/aromatic N) is 2. The van der Waals surface area contributed by atoms with E-state index >= 15 is 0 Å². The summed E-state index contributed by atoms with van der Waals surface area (Å²) in [5.74, 6) is 0.826. The number of hydrogen-bond donors (Lipinski definition) is 2. The molecule has 0 aliphatic heterocycles. The minimum atomic E-state index is -2.94. The molecule has 0 saturated heterocycles. The number of aliphatic imine (C=N–C) groups is 1. The number of guanidine groups is 1. The van der Waals surface area contributed by atoms with E-state index in [1.807, 2.05) is 19.1 Å². The summed E-state index contributed by atoms with van der Waals surface area (Å²) in [4.78, 5) is 8.46. The van der Waals surface area contributed by atoms with Crippen LogP contribution in [-0.4, -0.2) is 31.2 Å². The van der Waals surface area contributed by atoms with E-state index in [4.69, 9.17) is 4.74 Å². The number of ether oxygens (including phenoxy) is 2. The van der Waals surface area contributed by atoms with Crippen LogP contribution < -0.4 is 20.1 Å². The zero-order valence-electron chi connectivity index (χ0n) is 15.6. The number of para-hydroxylation sites is 1. The molecule has 0 atom stereocenters. The summed E-state index contributed by atoms with van der Waals surface area (Å²) in [5.41, 5.74) is 2.51. The number of hydrogen-bond acceptors (Lipinski definition) is 4. The quantitative estimate of drug-likeness (QED) is 0.545.